The molecule has 26 heavy (non-hydrogen) atoms. The molecule has 9 heteroatoms. The highest BCUT2D eigenvalue weighted by Crippen LogP contribution is 2.31. The highest BCUT2D eigenvalue weighted by molar-refractivity contribution is 7.15. The maximum atomic E-state index is 13.3. The third-order valence-electron chi connectivity index (χ3n) is 4.01. The van der Waals surface area contributed by atoms with Crippen LogP contribution in [-0.2, 0) is 15.0 Å². The molecule has 0 aliphatic carbocycles. The van der Waals surface area contributed by atoms with Gasteiger partial charge >= 0.3 is 0 Å². The van der Waals surface area contributed by atoms with Crippen LogP contribution in [0.25, 0.3) is 0 Å². The number of anilines is 2. The molecule has 1 aliphatic rings. The summed E-state index contributed by atoms with van der Waals surface area (Å²) in [5, 5.41) is 12.0. The van der Waals surface area contributed by atoms with Crippen molar-refractivity contribution in [1.29, 1.82) is 0 Å². The Morgan fingerprint density at radius 1 is 1.38 bits per heavy atom. The van der Waals surface area contributed by atoms with Crippen LogP contribution in [-0.4, -0.2) is 28.6 Å². The van der Waals surface area contributed by atoms with Gasteiger partial charge in [-0.3, -0.25) is 9.59 Å². The number of nitrogens with zero attached hydrogens (tertiary/aromatic N) is 3. The summed E-state index contributed by atoms with van der Waals surface area (Å²) in [6.07, 6.45) is 0.0752. The fourth-order valence-corrected chi connectivity index (χ4v) is 3.55. The zero-order valence-corrected chi connectivity index (χ0v) is 16.1. The first kappa shape index (κ1) is 18.7. The van der Waals surface area contributed by atoms with Crippen molar-refractivity contribution >= 4 is 45.6 Å². The average molecular weight is 397 g/mol. The summed E-state index contributed by atoms with van der Waals surface area (Å²) in [7, 11) is 0. The summed E-state index contributed by atoms with van der Waals surface area (Å²) < 4.78 is 13.3. The topological polar surface area (TPSA) is 75.2 Å². The van der Waals surface area contributed by atoms with Crippen molar-refractivity contribution in [1.82, 2.24) is 10.2 Å². The molecule has 2 amide bonds. The molecule has 2 aromatic rings. The van der Waals surface area contributed by atoms with Gasteiger partial charge in [0.25, 0.3) is 0 Å². The van der Waals surface area contributed by atoms with Crippen molar-refractivity contribution in [3.05, 3.63) is 34.0 Å². The Labute approximate surface area is 159 Å². The van der Waals surface area contributed by atoms with Gasteiger partial charge in [-0.15, -0.1) is 10.2 Å². The minimum Gasteiger partial charge on any atom is -0.312 e. The van der Waals surface area contributed by atoms with Gasteiger partial charge in [0.2, 0.25) is 16.9 Å². The maximum Gasteiger partial charge on any atom is 0.231 e. The van der Waals surface area contributed by atoms with Crippen molar-refractivity contribution in [2.24, 2.45) is 5.92 Å². The van der Waals surface area contributed by atoms with Gasteiger partial charge in [0, 0.05) is 24.1 Å². The molecule has 138 valence electrons. The molecule has 2 heterocycles. The molecule has 1 unspecified atom stereocenters. The first-order chi connectivity index (χ1) is 12.1. The monoisotopic (exact) mass is 396 g/mol. The Hall–Kier alpha value is -2.06. The molecule has 1 fully saturated rings. The number of aromatic nitrogens is 2. The largest absolute Gasteiger partial charge is 0.312 e. The minimum absolute atomic E-state index is 0.0632. The Morgan fingerprint density at radius 2 is 2.12 bits per heavy atom. The van der Waals surface area contributed by atoms with Crippen molar-refractivity contribution in [3.63, 3.8) is 0 Å². The normalized spacial score (nSPS) is 17.7. The molecule has 0 radical (unpaired) electrons. The number of benzene rings is 1. The quantitative estimate of drug-likeness (QED) is 0.859. The number of nitrogens with one attached hydrogen (secondary N) is 1. The van der Waals surface area contributed by atoms with Gasteiger partial charge < -0.3 is 10.2 Å². The van der Waals surface area contributed by atoms with Crippen molar-refractivity contribution in [3.8, 4) is 0 Å². The highest BCUT2D eigenvalue weighted by Gasteiger charge is 2.36. The fraction of sp³-hybridized carbons (Fsp3) is 0.412. The van der Waals surface area contributed by atoms with Crippen LogP contribution < -0.4 is 10.2 Å². The number of carbonyl (C=O) groups excluding carboxylic acids is 2. The third-order valence-corrected chi connectivity index (χ3v) is 5.56. The molecule has 1 atom stereocenters. The Morgan fingerprint density at radius 3 is 2.73 bits per heavy atom. The maximum absolute atomic E-state index is 13.3. The van der Waals surface area contributed by atoms with Crippen molar-refractivity contribution in [2.45, 2.75) is 32.6 Å². The Balaban J connectivity index is 1.69. The molecule has 1 aromatic carbocycles. The van der Waals surface area contributed by atoms with Gasteiger partial charge in [0.05, 0.1) is 10.9 Å². The van der Waals surface area contributed by atoms with Crippen molar-refractivity contribution < 1.29 is 14.0 Å². The molecule has 0 bridgehead atoms. The van der Waals surface area contributed by atoms with Gasteiger partial charge in [0.1, 0.15) is 10.8 Å². The lowest BCUT2D eigenvalue weighted by atomic mass is 9.98. The van der Waals surface area contributed by atoms with Gasteiger partial charge in [-0.05, 0) is 18.2 Å². The Bertz CT molecular complexity index is 865. The third kappa shape index (κ3) is 3.86. The molecule has 3 rings (SSSR count). The number of rotatable bonds is 3. The van der Waals surface area contributed by atoms with E-state index in [2.05, 4.69) is 15.5 Å². The molecule has 1 N–H and O–H groups in total. The highest BCUT2D eigenvalue weighted by atomic mass is 35.5. The molecule has 1 aliphatic heterocycles. The Kier molecular flexibility index (Phi) is 4.98. The average Bonchev–Trinajstić information content (AvgIpc) is 3.16. The van der Waals surface area contributed by atoms with Crippen LogP contribution in [0.1, 0.15) is 32.2 Å². The van der Waals surface area contributed by atoms with Gasteiger partial charge in [0.15, 0.2) is 0 Å². The number of hydrogen-bond donors (Lipinski definition) is 1. The van der Waals surface area contributed by atoms with Gasteiger partial charge in [-0.2, -0.15) is 0 Å². The fourth-order valence-electron chi connectivity index (χ4n) is 2.57. The summed E-state index contributed by atoms with van der Waals surface area (Å²) in [5.41, 5.74) is 0.324. The van der Waals surface area contributed by atoms with E-state index >= 15 is 0 Å². The van der Waals surface area contributed by atoms with E-state index in [1.54, 1.807) is 0 Å². The van der Waals surface area contributed by atoms with Crippen molar-refractivity contribution in [2.75, 3.05) is 16.8 Å². The minimum atomic E-state index is -0.553. The van der Waals surface area contributed by atoms with Gasteiger partial charge in [-0.25, -0.2) is 4.39 Å². The van der Waals surface area contributed by atoms with E-state index in [0.29, 0.717) is 10.8 Å². The predicted octanol–water partition coefficient (Wildman–Crippen LogP) is 3.62. The first-order valence-corrected chi connectivity index (χ1v) is 9.25. The standard InChI is InChI=1S/C17H18ClFN4O2S/c1-17(2,3)15-21-22-16(26-15)20-14(25)9-6-13(24)23(8-9)10-4-5-12(19)11(18)7-10/h4-5,7,9H,6,8H2,1-3H3,(H,20,22,25). The number of halogens is 2. The lowest BCUT2D eigenvalue weighted by Crippen LogP contribution is -2.28. The van der Waals surface area contributed by atoms with Crippen LogP contribution in [0.3, 0.4) is 0 Å². The number of carbonyl (C=O) groups is 2. The first-order valence-electron chi connectivity index (χ1n) is 8.05. The molecule has 1 aromatic heterocycles. The SMILES string of the molecule is CC(C)(C)c1nnc(NC(=O)C2CC(=O)N(c3ccc(F)c(Cl)c3)C2)s1. The van der Waals surface area contributed by atoms with Crippen LogP contribution >= 0.6 is 22.9 Å². The number of amides is 2. The lowest BCUT2D eigenvalue weighted by Gasteiger charge is -2.17. The van der Waals surface area contributed by atoms with Crippen LogP contribution in [0.4, 0.5) is 15.2 Å². The molecular weight excluding hydrogens is 379 g/mol. The van der Waals surface area contributed by atoms with E-state index in [0.717, 1.165) is 5.01 Å². The second-order valence-corrected chi connectivity index (χ2v) is 8.54. The van der Waals surface area contributed by atoms with Gasteiger partial charge in [-0.1, -0.05) is 43.7 Å². The molecule has 0 spiro atoms. The summed E-state index contributed by atoms with van der Waals surface area (Å²) in [5.74, 6) is -1.57. The predicted molar refractivity (Wildman–Crippen MR) is 99.1 cm³/mol. The van der Waals surface area contributed by atoms with E-state index in [9.17, 15) is 14.0 Å². The van der Waals surface area contributed by atoms with Crippen LogP contribution in [0.5, 0.6) is 0 Å². The van der Waals surface area contributed by atoms with Crippen LogP contribution in [0, 0.1) is 11.7 Å². The van der Waals surface area contributed by atoms with E-state index in [1.165, 1.54) is 34.4 Å². The summed E-state index contributed by atoms with van der Waals surface area (Å²) in [6, 6.07) is 4.06. The van der Waals surface area contributed by atoms with E-state index in [4.69, 9.17) is 11.6 Å². The van der Waals surface area contributed by atoms with Crippen LogP contribution in [0.2, 0.25) is 5.02 Å². The zero-order chi connectivity index (χ0) is 19.1. The van der Waals surface area contributed by atoms with E-state index in [-0.39, 0.29) is 35.2 Å². The lowest BCUT2D eigenvalue weighted by molar-refractivity contribution is -0.122. The molecule has 0 saturated carbocycles. The molecule has 6 nitrogen and oxygen atoms in total. The zero-order valence-electron chi connectivity index (χ0n) is 14.5. The summed E-state index contributed by atoms with van der Waals surface area (Å²) >= 11 is 7.10. The molecule has 1 saturated heterocycles. The summed E-state index contributed by atoms with van der Waals surface area (Å²) in [4.78, 5) is 26.2. The smallest absolute Gasteiger partial charge is 0.231 e. The van der Waals surface area contributed by atoms with Crippen LogP contribution in [0.15, 0.2) is 18.2 Å². The van der Waals surface area contributed by atoms with E-state index in [1.807, 2.05) is 20.8 Å². The number of hydrogen-bond acceptors (Lipinski definition) is 5. The van der Waals surface area contributed by atoms with E-state index < -0.39 is 11.7 Å². The second-order valence-electron chi connectivity index (χ2n) is 7.16. The second kappa shape index (κ2) is 6.92. The summed E-state index contributed by atoms with van der Waals surface area (Å²) in [6.45, 7) is 6.25. The molecular formula is C17H18ClFN4O2S.